The summed E-state index contributed by atoms with van der Waals surface area (Å²) in [6.45, 7) is 6.42. The molecule has 2 aromatic rings. The Hall–Kier alpha value is -3.22. The van der Waals surface area contributed by atoms with Crippen LogP contribution in [0.4, 0.5) is 0 Å². The first-order valence-corrected chi connectivity index (χ1v) is 8.38. The number of hydrogen-bond acceptors (Lipinski definition) is 4. The highest BCUT2D eigenvalue weighted by molar-refractivity contribution is 5.94. The third kappa shape index (κ3) is 4.24. The van der Waals surface area contributed by atoms with Gasteiger partial charge in [0.15, 0.2) is 5.82 Å². The van der Waals surface area contributed by atoms with Crippen molar-refractivity contribution in [2.45, 2.75) is 27.2 Å². The maximum absolute atomic E-state index is 12.0. The second-order valence-electron chi connectivity index (χ2n) is 6.45. The molecule has 0 atom stereocenters. The Labute approximate surface area is 152 Å². The van der Waals surface area contributed by atoms with E-state index in [0.29, 0.717) is 12.4 Å². The van der Waals surface area contributed by atoms with Crippen LogP contribution in [0.5, 0.6) is 0 Å². The topological polar surface area (TPSA) is 80.1 Å². The molecule has 26 heavy (non-hydrogen) atoms. The van der Waals surface area contributed by atoms with Gasteiger partial charge in [-0.05, 0) is 39.3 Å². The van der Waals surface area contributed by atoms with E-state index in [2.05, 4.69) is 21.6 Å². The lowest BCUT2D eigenvalue weighted by Gasteiger charge is -2.24. The Balaban J connectivity index is 1.65. The van der Waals surface area contributed by atoms with E-state index in [4.69, 9.17) is 0 Å². The first-order valence-electron chi connectivity index (χ1n) is 8.38. The number of carbonyl (C=O) groups excluding carboxylic acids is 2. The summed E-state index contributed by atoms with van der Waals surface area (Å²) in [5.74, 6) is -0.0169. The second-order valence-corrected chi connectivity index (χ2v) is 6.45. The van der Waals surface area contributed by atoms with Crippen LogP contribution in [0.3, 0.4) is 0 Å². The number of hydrogen-bond donors (Lipinski definition) is 1. The number of carbonyl (C=O) groups is 2. The molecule has 1 aromatic carbocycles. The zero-order valence-corrected chi connectivity index (χ0v) is 15.1. The summed E-state index contributed by atoms with van der Waals surface area (Å²) in [4.78, 5) is 28.1. The average molecular weight is 351 g/mol. The standard InChI is InChI=1S/C19H21N5O2/c1-13-4-7-24(18(26)11-13)21-17(25)5-6-23-12-20-19(22-23)16-9-14(2)8-15(3)10-16/h5-6,8-12H,4,7H2,1-3H3,(H,21,25)/b6-5-. The fourth-order valence-electron chi connectivity index (χ4n) is 2.77. The lowest BCUT2D eigenvalue weighted by Crippen LogP contribution is -2.47. The summed E-state index contributed by atoms with van der Waals surface area (Å²) in [7, 11) is 0. The highest BCUT2D eigenvalue weighted by atomic mass is 16.2. The van der Waals surface area contributed by atoms with Crippen LogP contribution in [0, 0.1) is 13.8 Å². The van der Waals surface area contributed by atoms with Gasteiger partial charge < -0.3 is 0 Å². The number of hydrazine groups is 1. The van der Waals surface area contributed by atoms with Crippen LogP contribution >= 0.6 is 0 Å². The van der Waals surface area contributed by atoms with E-state index in [1.54, 1.807) is 0 Å². The number of aryl methyl sites for hydroxylation is 2. The molecule has 0 aliphatic carbocycles. The van der Waals surface area contributed by atoms with Crippen molar-refractivity contribution in [1.29, 1.82) is 0 Å². The Morgan fingerprint density at radius 3 is 2.62 bits per heavy atom. The van der Waals surface area contributed by atoms with E-state index in [9.17, 15) is 9.59 Å². The minimum Gasteiger partial charge on any atom is -0.268 e. The van der Waals surface area contributed by atoms with E-state index in [-0.39, 0.29) is 5.91 Å². The predicted octanol–water partition coefficient (Wildman–Crippen LogP) is 2.24. The quantitative estimate of drug-likeness (QED) is 0.857. The van der Waals surface area contributed by atoms with Gasteiger partial charge in [0.25, 0.3) is 11.8 Å². The fraction of sp³-hybridized carbons (Fsp3) is 0.263. The second kappa shape index (κ2) is 7.35. The summed E-state index contributed by atoms with van der Waals surface area (Å²) >= 11 is 0. The highest BCUT2D eigenvalue weighted by Crippen LogP contribution is 2.18. The number of benzene rings is 1. The average Bonchev–Trinajstić information content (AvgIpc) is 3.04. The van der Waals surface area contributed by atoms with Crippen LogP contribution in [-0.2, 0) is 9.59 Å². The third-order valence-electron chi connectivity index (χ3n) is 3.98. The van der Waals surface area contributed by atoms with E-state index in [1.165, 1.54) is 34.4 Å². The lowest BCUT2D eigenvalue weighted by molar-refractivity contribution is -0.136. The number of amides is 2. The van der Waals surface area contributed by atoms with Crippen molar-refractivity contribution in [3.63, 3.8) is 0 Å². The summed E-state index contributed by atoms with van der Waals surface area (Å²) in [5.41, 5.74) is 6.79. The molecule has 1 aromatic heterocycles. The van der Waals surface area contributed by atoms with Gasteiger partial charge in [0.2, 0.25) is 0 Å². The minimum absolute atomic E-state index is 0.214. The van der Waals surface area contributed by atoms with Gasteiger partial charge in [-0.2, -0.15) is 0 Å². The molecule has 1 aliphatic heterocycles. The van der Waals surface area contributed by atoms with Gasteiger partial charge >= 0.3 is 0 Å². The molecular formula is C19H21N5O2. The van der Waals surface area contributed by atoms with Crippen molar-refractivity contribution in [3.05, 3.63) is 53.4 Å². The number of aromatic nitrogens is 3. The number of nitrogens with one attached hydrogen (secondary N) is 1. The molecule has 0 unspecified atom stereocenters. The molecule has 0 fully saturated rings. The molecular weight excluding hydrogens is 330 g/mol. The van der Waals surface area contributed by atoms with Gasteiger partial charge in [0.1, 0.15) is 6.33 Å². The van der Waals surface area contributed by atoms with Gasteiger partial charge in [0.05, 0.1) is 0 Å². The number of nitrogens with zero attached hydrogens (tertiary/aromatic N) is 4. The molecule has 3 rings (SSSR count). The smallest absolute Gasteiger partial charge is 0.264 e. The van der Waals surface area contributed by atoms with E-state index >= 15 is 0 Å². The van der Waals surface area contributed by atoms with Crippen molar-refractivity contribution in [2.75, 3.05) is 6.54 Å². The molecule has 2 heterocycles. The molecule has 2 amide bonds. The van der Waals surface area contributed by atoms with Crippen LogP contribution in [0.1, 0.15) is 24.5 Å². The van der Waals surface area contributed by atoms with Crippen LogP contribution in [0.2, 0.25) is 0 Å². The highest BCUT2D eigenvalue weighted by Gasteiger charge is 2.17. The lowest BCUT2D eigenvalue weighted by atomic mass is 10.1. The van der Waals surface area contributed by atoms with E-state index in [0.717, 1.165) is 28.7 Å². The van der Waals surface area contributed by atoms with Crippen molar-refractivity contribution in [1.82, 2.24) is 25.2 Å². The Kier molecular flexibility index (Phi) is 4.97. The Bertz CT molecular complexity index is 890. The Morgan fingerprint density at radius 2 is 1.92 bits per heavy atom. The largest absolute Gasteiger partial charge is 0.268 e. The van der Waals surface area contributed by atoms with Crippen molar-refractivity contribution < 1.29 is 9.59 Å². The van der Waals surface area contributed by atoms with Crippen molar-refractivity contribution >= 4 is 18.0 Å². The van der Waals surface area contributed by atoms with Crippen LogP contribution in [-0.4, -0.2) is 38.1 Å². The van der Waals surface area contributed by atoms with Gasteiger partial charge in [0, 0.05) is 30.5 Å². The molecule has 134 valence electrons. The van der Waals surface area contributed by atoms with Crippen LogP contribution in [0.25, 0.3) is 17.6 Å². The molecule has 1 N–H and O–H groups in total. The zero-order chi connectivity index (χ0) is 18.7. The van der Waals surface area contributed by atoms with Gasteiger partial charge in [-0.25, -0.2) is 14.7 Å². The SMILES string of the molecule is CC1=CC(=O)N(NC(=O)/C=C\n2cnc(-c3cc(C)cc(C)c3)n2)CC1. The van der Waals surface area contributed by atoms with Gasteiger partial charge in [-0.3, -0.25) is 15.0 Å². The molecule has 1 aliphatic rings. The number of rotatable bonds is 4. The molecule has 0 bridgehead atoms. The summed E-state index contributed by atoms with van der Waals surface area (Å²) in [5, 5.41) is 5.66. The van der Waals surface area contributed by atoms with Crippen molar-refractivity contribution in [2.24, 2.45) is 0 Å². The summed E-state index contributed by atoms with van der Waals surface area (Å²) < 4.78 is 1.47. The maximum atomic E-state index is 12.0. The molecule has 0 saturated carbocycles. The van der Waals surface area contributed by atoms with Crippen molar-refractivity contribution in [3.8, 4) is 11.4 Å². The fourth-order valence-corrected chi connectivity index (χ4v) is 2.77. The molecule has 0 saturated heterocycles. The van der Waals surface area contributed by atoms with Gasteiger partial charge in [-0.15, -0.1) is 5.10 Å². The van der Waals surface area contributed by atoms with E-state index < -0.39 is 5.91 Å². The molecule has 7 nitrogen and oxygen atoms in total. The summed E-state index contributed by atoms with van der Waals surface area (Å²) in [6, 6.07) is 6.12. The Morgan fingerprint density at radius 1 is 1.19 bits per heavy atom. The minimum atomic E-state index is -0.394. The monoisotopic (exact) mass is 351 g/mol. The van der Waals surface area contributed by atoms with Gasteiger partial charge in [-0.1, -0.05) is 22.8 Å². The van der Waals surface area contributed by atoms with Crippen LogP contribution < -0.4 is 5.43 Å². The predicted molar refractivity (Wildman–Crippen MR) is 98.5 cm³/mol. The first kappa shape index (κ1) is 17.6. The van der Waals surface area contributed by atoms with Crippen LogP contribution in [0.15, 0.2) is 42.3 Å². The summed E-state index contributed by atoms with van der Waals surface area (Å²) in [6.07, 6.45) is 6.64. The molecule has 0 spiro atoms. The third-order valence-corrected chi connectivity index (χ3v) is 3.98. The normalized spacial score (nSPS) is 14.7. The zero-order valence-electron chi connectivity index (χ0n) is 15.1. The molecule has 0 radical (unpaired) electrons. The first-order chi connectivity index (χ1) is 12.4. The molecule has 7 heteroatoms. The van der Waals surface area contributed by atoms with E-state index in [1.807, 2.05) is 32.9 Å². The maximum Gasteiger partial charge on any atom is 0.264 e.